The van der Waals surface area contributed by atoms with Crippen LogP contribution in [-0.2, 0) is 16.0 Å². The molecule has 2 aliphatic heterocycles. The average molecular weight is 835 g/mol. The molecule has 324 valence electrons. The molecule has 0 amide bonds. The van der Waals surface area contributed by atoms with E-state index in [1.165, 1.54) is 50.5 Å². The maximum absolute atomic E-state index is 13.7. The second-order valence-corrected chi connectivity index (χ2v) is 18.8. The van der Waals surface area contributed by atoms with Crippen molar-refractivity contribution in [2.24, 2.45) is 29.6 Å². The van der Waals surface area contributed by atoms with Gasteiger partial charge in [-0.25, -0.2) is 0 Å². The molecular weight excluding hydrogens is 765 g/mol. The maximum atomic E-state index is 13.7. The first-order valence-electron chi connectivity index (χ1n) is 23.0. The third kappa shape index (κ3) is 11.3. The van der Waals surface area contributed by atoms with Crippen LogP contribution >= 0.6 is 0 Å². The summed E-state index contributed by atoms with van der Waals surface area (Å²) >= 11 is 0. The smallest absolute Gasteiger partial charge is 0.664 e. The Labute approximate surface area is 382 Å². The molecule has 8 heteroatoms. The molecule has 0 unspecified atom stereocenters. The molecule has 7 nitrogen and oxygen atoms in total. The minimum Gasteiger partial charge on any atom is -0.664 e. The molecule has 61 heavy (non-hydrogen) atoms. The molecule has 3 aliphatic rings. The third-order valence-corrected chi connectivity index (χ3v) is 13.7. The van der Waals surface area contributed by atoms with E-state index < -0.39 is 0 Å². The summed E-state index contributed by atoms with van der Waals surface area (Å²) in [6, 6.07) is 0. The zero-order chi connectivity index (χ0) is 43.2. The molecule has 6 rings (SSSR count). The average Bonchev–Trinajstić information content (AvgIpc) is 3.95. The summed E-state index contributed by atoms with van der Waals surface area (Å²) in [6.07, 6.45) is 23.5. The molecule has 8 bridgehead atoms. The minimum absolute atomic E-state index is 0. The number of nitrogens with zero attached hydrogens (tertiary/aromatic N) is 4. The standard InChI is InChI=1S/C53H71N4O3.Mg/c1-12-39-35(8)43-28-45-37(10)41(23-24-50(59)60-26-25-34(7)22-16-21-33(6)20-15-19-32(5)18-14-17-31(3)4)52(56-45)42-27-49(58)51-38(11)46(57-53(42)51)30-48-40(13-2)36(9)44(55-48)29-47(39)54-43;/h12,25,28-33,37,41H,1,13-24,26-27H2,2-11H3,(H-,56,57,58);/q-3;+2/p-1/b34-25+,44-29-,45-28-,48-30-;/t32-,33-,37+,41+;/m1./s1. The van der Waals surface area contributed by atoms with Gasteiger partial charge in [0.25, 0.3) is 0 Å². The van der Waals surface area contributed by atoms with Crippen LogP contribution in [0.3, 0.4) is 0 Å². The van der Waals surface area contributed by atoms with Crippen molar-refractivity contribution in [1.29, 1.82) is 0 Å². The normalized spacial score (nSPS) is 21.2. The Hall–Kier alpha value is -3.75. The number of allylic oxidation sites excluding steroid dienone is 4. The van der Waals surface area contributed by atoms with Gasteiger partial charge in [-0.2, -0.15) is 11.4 Å². The van der Waals surface area contributed by atoms with Crippen molar-refractivity contribution in [3.8, 4) is 0 Å². The fourth-order valence-electron chi connectivity index (χ4n) is 9.70. The van der Waals surface area contributed by atoms with Crippen LogP contribution in [0.4, 0.5) is 0 Å². The van der Waals surface area contributed by atoms with Crippen LogP contribution < -0.4 is 25.7 Å². The van der Waals surface area contributed by atoms with E-state index in [-0.39, 0.29) is 66.1 Å². The molecule has 4 atom stereocenters. The van der Waals surface area contributed by atoms with Gasteiger partial charge in [0.05, 0.1) is 0 Å². The molecule has 0 spiro atoms. The number of fused-ring (bicyclic) bond motifs is 7. The van der Waals surface area contributed by atoms with E-state index in [2.05, 4.69) is 87.1 Å². The molecule has 1 saturated heterocycles. The number of esters is 1. The number of aromatic nitrogens is 3. The molecule has 1 fully saturated rings. The Bertz CT molecular complexity index is 2290. The van der Waals surface area contributed by atoms with Gasteiger partial charge in [-0.05, 0) is 94.6 Å². The van der Waals surface area contributed by atoms with Crippen molar-refractivity contribution in [1.82, 2.24) is 15.0 Å². The van der Waals surface area contributed by atoms with Crippen molar-refractivity contribution in [3.63, 3.8) is 0 Å². The van der Waals surface area contributed by atoms with E-state index in [1.807, 2.05) is 19.1 Å². The van der Waals surface area contributed by atoms with Crippen molar-refractivity contribution in [2.45, 2.75) is 153 Å². The number of ether oxygens (including phenoxy) is 1. The molecule has 0 saturated carbocycles. The Balaban J connectivity index is 0.00000704. The summed E-state index contributed by atoms with van der Waals surface area (Å²) in [7, 11) is 0. The SMILES string of the molecule is C=Cc1c2[n-]c(c1C)/C=C1\[N-]/C(=C3/CC(=O)c4c3[n-]c(c4C)/C=c3\[n-]/c(c(C)c3CC)=C\2)[C@@H](CCC(=O)OC/C=C(\C)CCC[C@H](C)CCC[C@H](C)CCCC(C)C)[C@@H]1C.[Mg+2]. The van der Waals surface area contributed by atoms with Crippen LogP contribution in [0.2, 0.25) is 0 Å². The molecule has 0 radical (unpaired) electrons. The van der Waals surface area contributed by atoms with Crippen LogP contribution in [0.25, 0.3) is 35.2 Å². The Morgan fingerprint density at radius 2 is 1.51 bits per heavy atom. The number of Topliss-reactive ketones (excluding diaryl/α,β-unsaturated/α-hetero) is 1. The van der Waals surface area contributed by atoms with Gasteiger partial charge in [0.2, 0.25) is 0 Å². The predicted octanol–water partition coefficient (Wildman–Crippen LogP) is 11.0. The topological polar surface area (TPSA) is 99.8 Å². The quantitative estimate of drug-likeness (QED) is 0.0677. The van der Waals surface area contributed by atoms with Crippen molar-refractivity contribution < 1.29 is 14.3 Å². The van der Waals surface area contributed by atoms with Gasteiger partial charge in [-0.15, -0.1) is 33.5 Å². The zero-order valence-electron chi connectivity index (χ0n) is 39.1. The van der Waals surface area contributed by atoms with E-state index in [0.29, 0.717) is 12.0 Å². The number of hydrogen-bond donors (Lipinski definition) is 0. The van der Waals surface area contributed by atoms with Gasteiger partial charge in [-0.1, -0.05) is 151 Å². The van der Waals surface area contributed by atoms with E-state index in [4.69, 9.17) is 25.0 Å². The first-order chi connectivity index (χ1) is 28.7. The van der Waals surface area contributed by atoms with E-state index in [1.54, 1.807) is 0 Å². The largest absolute Gasteiger partial charge is 2.00 e. The number of carbonyl (C=O) groups is 2. The fraction of sp³-hybridized carbons (Fsp3) is 0.547. The first kappa shape index (κ1) is 48.3. The van der Waals surface area contributed by atoms with Gasteiger partial charge in [0.1, 0.15) is 6.61 Å². The predicted molar refractivity (Wildman–Crippen MR) is 254 cm³/mol. The molecule has 3 aromatic heterocycles. The van der Waals surface area contributed by atoms with Crippen LogP contribution in [0.1, 0.15) is 186 Å². The van der Waals surface area contributed by atoms with Crippen molar-refractivity contribution >= 4 is 64.7 Å². The minimum atomic E-state index is -0.214. The summed E-state index contributed by atoms with van der Waals surface area (Å²) < 4.78 is 5.78. The number of rotatable bonds is 19. The Kier molecular flexibility index (Phi) is 17.1. The molecule has 5 heterocycles. The van der Waals surface area contributed by atoms with Crippen LogP contribution in [0.5, 0.6) is 0 Å². The van der Waals surface area contributed by atoms with E-state index >= 15 is 0 Å². The van der Waals surface area contributed by atoms with Crippen molar-refractivity contribution in [2.75, 3.05) is 6.61 Å². The number of ketones is 1. The maximum Gasteiger partial charge on any atom is 2.00 e. The van der Waals surface area contributed by atoms with Crippen LogP contribution in [0.15, 0.2) is 29.6 Å². The Morgan fingerprint density at radius 3 is 2.18 bits per heavy atom. The first-order valence-corrected chi connectivity index (χ1v) is 23.0. The number of carbonyl (C=O) groups excluding carboxylic acids is 2. The number of hydrogen-bond acceptors (Lipinski definition) is 3. The monoisotopic (exact) mass is 835 g/mol. The summed E-state index contributed by atoms with van der Waals surface area (Å²) in [5.41, 5.74) is 12.9. The van der Waals surface area contributed by atoms with Crippen LogP contribution in [-0.4, -0.2) is 41.4 Å². The van der Waals surface area contributed by atoms with Gasteiger partial charge in [0.15, 0.2) is 5.78 Å². The second kappa shape index (κ2) is 21.6. The fourth-order valence-corrected chi connectivity index (χ4v) is 9.70. The van der Waals surface area contributed by atoms with Crippen molar-refractivity contribution in [3.05, 3.63) is 102 Å². The zero-order valence-corrected chi connectivity index (χ0v) is 40.5. The van der Waals surface area contributed by atoms with Gasteiger partial charge >= 0.3 is 29.0 Å². The second-order valence-electron chi connectivity index (χ2n) is 18.8. The third-order valence-electron chi connectivity index (χ3n) is 13.7. The summed E-state index contributed by atoms with van der Waals surface area (Å²) in [5.74, 6) is 2.15. The van der Waals surface area contributed by atoms with E-state index in [0.717, 1.165) is 115 Å². The van der Waals surface area contributed by atoms with Gasteiger partial charge in [0, 0.05) is 18.4 Å². The summed E-state index contributed by atoms with van der Waals surface area (Å²) in [4.78, 5) is 42.3. The molecule has 0 N–H and O–H groups in total. The molecule has 1 aliphatic carbocycles. The molecule has 0 aromatic carbocycles. The summed E-state index contributed by atoms with van der Waals surface area (Å²) in [6.45, 7) is 26.5. The Morgan fingerprint density at radius 1 is 0.852 bits per heavy atom. The van der Waals surface area contributed by atoms with E-state index in [9.17, 15) is 9.59 Å². The van der Waals surface area contributed by atoms with Gasteiger partial charge in [-0.3, -0.25) is 9.59 Å². The van der Waals surface area contributed by atoms with Crippen LogP contribution in [0, 0.1) is 50.4 Å². The molecule has 3 aromatic rings. The van der Waals surface area contributed by atoms with Gasteiger partial charge < -0.3 is 25.0 Å². The summed E-state index contributed by atoms with van der Waals surface area (Å²) in [5, 5.41) is 7.02. The molecular formula is C53H70MgN4O3-2.